The number of hydrogen-bond acceptors (Lipinski definition) is 3. The number of nitrogens with zero attached hydrogens (tertiary/aromatic N) is 4. The van der Waals surface area contributed by atoms with Gasteiger partial charge in [0.1, 0.15) is 0 Å². The van der Waals surface area contributed by atoms with Gasteiger partial charge in [0.2, 0.25) is 5.91 Å². The van der Waals surface area contributed by atoms with Crippen molar-refractivity contribution < 1.29 is 4.79 Å². The maximum atomic E-state index is 12.7. The zero-order valence-corrected chi connectivity index (χ0v) is 14.1. The second-order valence-electron chi connectivity index (χ2n) is 6.27. The van der Waals surface area contributed by atoms with Crippen molar-refractivity contribution in [3.8, 4) is 0 Å². The van der Waals surface area contributed by atoms with Crippen LogP contribution in [-0.2, 0) is 18.3 Å². The minimum absolute atomic E-state index is 0.139. The van der Waals surface area contributed by atoms with Crippen LogP contribution in [0.4, 0.5) is 0 Å². The normalized spacial score (nSPS) is 17.7. The molecule has 3 heterocycles. The lowest BCUT2D eigenvalue weighted by Crippen LogP contribution is -2.31. The Morgan fingerprint density at radius 2 is 2.17 bits per heavy atom. The van der Waals surface area contributed by atoms with Crippen LogP contribution < -0.4 is 0 Å². The van der Waals surface area contributed by atoms with Gasteiger partial charge in [0, 0.05) is 31.9 Å². The molecule has 0 aliphatic carbocycles. The van der Waals surface area contributed by atoms with Crippen molar-refractivity contribution in [2.45, 2.75) is 45.6 Å². The lowest BCUT2D eigenvalue weighted by molar-refractivity contribution is -0.132. The Bertz CT molecular complexity index is 693. The van der Waals surface area contributed by atoms with Gasteiger partial charge in [-0.05, 0) is 50.8 Å². The van der Waals surface area contributed by atoms with Crippen molar-refractivity contribution in [3.05, 3.63) is 47.0 Å². The molecule has 0 radical (unpaired) electrons. The van der Waals surface area contributed by atoms with Crippen LogP contribution in [0.15, 0.2) is 24.4 Å². The topological polar surface area (TPSA) is 51.0 Å². The average molecular weight is 312 g/mol. The average Bonchev–Trinajstić information content (AvgIpc) is 3.13. The maximum Gasteiger partial charge on any atom is 0.223 e. The first-order valence-corrected chi connectivity index (χ1v) is 8.27. The molecule has 0 N–H and O–H groups in total. The molecule has 3 rings (SSSR count). The highest BCUT2D eigenvalue weighted by Gasteiger charge is 2.30. The summed E-state index contributed by atoms with van der Waals surface area (Å²) in [6.45, 7) is 4.91. The van der Waals surface area contributed by atoms with Gasteiger partial charge in [-0.15, -0.1) is 0 Å². The van der Waals surface area contributed by atoms with E-state index < -0.39 is 0 Å². The number of carbonyl (C=O) groups is 1. The van der Waals surface area contributed by atoms with Crippen LogP contribution in [0.25, 0.3) is 0 Å². The van der Waals surface area contributed by atoms with E-state index in [1.54, 1.807) is 6.20 Å². The molecule has 23 heavy (non-hydrogen) atoms. The Labute approximate surface area is 137 Å². The highest BCUT2D eigenvalue weighted by atomic mass is 16.2. The Hall–Kier alpha value is -2.17. The number of aromatic nitrogens is 3. The molecule has 122 valence electrons. The predicted octanol–water partition coefficient (Wildman–Crippen LogP) is 2.73. The summed E-state index contributed by atoms with van der Waals surface area (Å²) in [6, 6.07) is 6.07. The Morgan fingerprint density at radius 3 is 2.83 bits per heavy atom. The van der Waals surface area contributed by atoms with Crippen molar-refractivity contribution in [2.24, 2.45) is 7.05 Å². The molecule has 1 amide bonds. The summed E-state index contributed by atoms with van der Waals surface area (Å²) in [6.07, 6.45) is 5.16. The van der Waals surface area contributed by atoms with Crippen LogP contribution in [0.5, 0.6) is 0 Å². The maximum absolute atomic E-state index is 12.7. The van der Waals surface area contributed by atoms with E-state index in [0.717, 1.165) is 42.9 Å². The summed E-state index contributed by atoms with van der Waals surface area (Å²) in [5.74, 6) is 0.223. The largest absolute Gasteiger partial charge is 0.334 e. The summed E-state index contributed by atoms with van der Waals surface area (Å²) in [4.78, 5) is 19.1. The molecule has 1 atom stereocenters. The second kappa shape index (κ2) is 6.52. The molecule has 2 aromatic rings. The van der Waals surface area contributed by atoms with Gasteiger partial charge in [-0.3, -0.25) is 14.5 Å². The summed E-state index contributed by atoms with van der Waals surface area (Å²) in [5, 5.41) is 4.43. The van der Waals surface area contributed by atoms with Crippen LogP contribution >= 0.6 is 0 Å². The van der Waals surface area contributed by atoms with Crippen molar-refractivity contribution >= 4 is 5.91 Å². The summed E-state index contributed by atoms with van der Waals surface area (Å²) < 4.78 is 1.89. The van der Waals surface area contributed by atoms with E-state index in [2.05, 4.69) is 17.0 Å². The van der Waals surface area contributed by atoms with E-state index >= 15 is 0 Å². The number of aryl methyl sites for hydroxylation is 2. The number of amides is 1. The Balaban J connectivity index is 1.68. The van der Waals surface area contributed by atoms with Crippen LogP contribution in [0.2, 0.25) is 0 Å². The molecule has 0 unspecified atom stereocenters. The smallest absolute Gasteiger partial charge is 0.223 e. The highest BCUT2D eigenvalue weighted by Crippen LogP contribution is 2.31. The quantitative estimate of drug-likeness (QED) is 0.872. The van der Waals surface area contributed by atoms with Gasteiger partial charge < -0.3 is 4.90 Å². The number of pyridine rings is 1. The zero-order chi connectivity index (χ0) is 16.4. The van der Waals surface area contributed by atoms with E-state index in [0.29, 0.717) is 6.42 Å². The van der Waals surface area contributed by atoms with Gasteiger partial charge >= 0.3 is 0 Å². The predicted molar refractivity (Wildman–Crippen MR) is 88.9 cm³/mol. The van der Waals surface area contributed by atoms with Gasteiger partial charge in [0.25, 0.3) is 0 Å². The van der Waals surface area contributed by atoms with Crippen molar-refractivity contribution in [2.75, 3.05) is 6.54 Å². The van der Waals surface area contributed by atoms with Crippen LogP contribution in [0, 0.1) is 13.8 Å². The first kappa shape index (κ1) is 15.7. The minimum Gasteiger partial charge on any atom is -0.334 e. The lowest BCUT2D eigenvalue weighted by atomic mass is 10.1. The standard InChI is InChI=1S/C18H24N4O/c1-13-15(14(2)21(3)20-13)9-10-18(23)22-12-6-8-17(22)16-7-4-5-11-19-16/h4-5,7,11,17H,6,8-10,12H2,1-3H3/t17-/m0/s1. The van der Waals surface area contributed by atoms with E-state index in [4.69, 9.17) is 0 Å². The lowest BCUT2D eigenvalue weighted by Gasteiger charge is -2.24. The number of rotatable bonds is 4. The van der Waals surface area contributed by atoms with Gasteiger partial charge in [0.15, 0.2) is 0 Å². The first-order chi connectivity index (χ1) is 11.1. The molecule has 5 nitrogen and oxygen atoms in total. The molecule has 0 spiro atoms. The first-order valence-electron chi connectivity index (χ1n) is 8.27. The molecule has 0 saturated carbocycles. The molecule has 1 aliphatic rings. The van der Waals surface area contributed by atoms with Gasteiger partial charge in [0.05, 0.1) is 17.4 Å². The zero-order valence-electron chi connectivity index (χ0n) is 14.1. The Kier molecular flexibility index (Phi) is 4.46. The van der Waals surface area contributed by atoms with E-state index in [9.17, 15) is 4.79 Å². The number of likely N-dealkylation sites (tertiary alicyclic amines) is 1. The highest BCUT2D eigenvalue weighted by molar-refractivity contribution is 5.77. The third kappa shape index (κ3) is 3.14. The molecule has 2 aromatic heterocycles. The fourth-order valence-corrected chi connectivity index (χ4v) is 3.50. The second-order valence-corrected chi connectivity index (χ2v) is 6.27. The summed E-state index contributed by atoms with van der Waals surface area (Å²) >= 11 is 0. The third-order valence-electron chi connectivity index (χ3n) is 4.85. The molecule has 1 aliphatic heterocycles. The van der Waals surface area contributed by atoms with E-state index in [1.165, 1.54) is 5.56 Å². The Morgan fingerprint density at radius 1 is 1.35 bits per heavy atom. The summed E-state index contributed by atoms with van der Waals surface area (Å²) in [7, 11) is 1.95. The van der Waals surface area contributed by atoms with Crippen LogP contribution in [0.3, 0.4) is 0 Å². The molecule has 1 saturated heterocycles. The third-order valence-corrected chi connectivity index (χ3v) is 4.85. The van der Waals surface area contributed by atoms with Crippen molar-refractivity contribution in [1.29, 1.82) is 0 Å². The molecule has 0 aromatic carbocycles. The molecular weight excluding hydrogens is 288 g/mol. The van der Waals surface area contributed by atoms with Crippen LogP contribution in [0.1, 0.15) is 47.9 Å². The van der Waals surface area contributed by atoms with Gasteiger partial charge in [-0.2, -0.15) is 5.10 Å². The summed E-state index contributed by atoms with van der Waals surface area (Å²) in [5.41, 5.74) is 4.39. The molecule has 0 bridgehead atoms. The van der Waals surface area contributed by atoms with Crippen molar-refractivity contribution in [1.82, 2.24) is 19.7 Å². The van der Waals surface area contributed by atoms with E-state index in [1.807, 2.05) is 41.8 Å². The van der Waals surface area contributed by atoms with Gasteiger partial charge in [-0.1, -0.05) is 6.07 Å². The molecule has 5 heteroatoms. The fourth-order valence-electron chi connectivity index (χ4n) is 3.50. The SMILES string of the molecule is Cc1nn(C)c(C)c1CCC(=O)N1CCC[C@H]1c1ccccn1. The number of hydrogen-bond donors (Lipinski definition) is 0. The fraction of sp³-hybridized carbons (Fsp3) is 0.500. The minimum atomic E-state index is 0.139. The van der Waals surface area contributed by atoms with Crippen molar-refractivity contribution in [3.63, 3.8) is 0 Å². The van der Waals surface area contributed by atoms with Crippen LogP contribution in [-0.4, -0.2) is 32.1 Å². The monoisotopic (exact) mass is 312 g/mol. The molecule has 1 fully saturated rings. The number of carbonyl (C=O) groups excluding carboxylic acids is 1. The molecular formula is C18H24N4O. The van der Waals surface area contributed by atoms with E-state index in [-0.39, 0.29) is 11.9 Å². The van der Waals surface area contributed by atoms with Gasteiger partial charge in [-0.25, -0.2) is 0 Å².